The van der Waals surface area contributed by atoms with Crippen LogP contribution in [0.15, 0.2) is 0 Å². The van der Waals surface area contributed by atoms with Crippen LogP contribution in [0.1, 0.15) is 51.9 Å². The first-order valence-corrected chi connectivity index (χ1v) is 8.28. The molecule has 2 aliphatic carbocycles. The highest BCUT2D eigenvalue weighted by molar-refractivity contribution is 7.99. The molecule has 0 heterocycles. The Morgan fingerprint density at radius 3 is 2.76 bits per heavy atom. The predicted molar refractivity (Wildman–Crippen MR) is 75.7 cm³/mol. The zero-order valence-corrected chi connectivity index (χ0v) is 12.1. The number of thioether (sulfide) groups is 1. The van der Waals surface area contributed by atoms with Crippen LogP contribution in [0.25, 0.3) is 0 Å². The average Bonchev–Trinajstić information content (AvgIpc) is 2.78. The highest BCUT2D eigenvalue weighted by Crippen LogP contribution is 2.31. The molecule has 0 saturated heterocycles. The maximum absolute atomic E-state index is 5.51. The molecule has 4 unspecified atom stereocenters. The minimum Gasteiger partial charge on any atom is -0.381 e. The second-order valence-corrected chi connectivity index (χ2v) is 6.94. The van der Waals surface area contributed by atoms with Crippen LogP contribution in [0.5, 0.6) is 0 Å². The summed E-state index contributed by atoms with van der Waals surface area (Å²) >= 11 is 2.15. The lowest BCUT2D eigenvalue weighted by Crippen LogP contribution is -2.45. The summed E-state index contributed by atoms with van der Waals surface area (Å²) in [4.78, 5) is 0. The van der Waals surface area contributed by atoms with Crippen LogP contribution in [0.3, 0.4) is 0 Å². The Hall–Kier alpha value is 0.270. The van der Waals surface area contributed by atoms with Crippen molar-refractivity contribution in [2.45, 2.75) is 75.3 Å². The predicted octanol–water partition coefficient (Wildman–Crippen LogP) is 3.21. The number of ether oxygens (including phenoxy) is 1. The first-order chi connectivity index (χ1) is 8.33. The first-order valence-electron chi connectivity index (χ1n) is 7.24. The van der Waals surface area contributed by atoms with E-state index in [2.05, 4.69) is 24.0 Å². The molecule has 0 radical (unpaired) electrons. The molecule has 0 aromatic heterocycles. The summed E-state index contributed by atoms with van der Waals surface area (Å²) in [5.41, 5.74) is 0. The van der Waals surface area contributed by atoms with E-state index in [1.165, 1.54) is 50.7 Å². The van der Waals surface area contributed by atoms with Crippen molar-refractivity contribution in [1.29, 1.82) is 0 Å². The molecule has 0 aromatic rings. The van der Waals surface area contributed by atoms with Gasteiger partial charge in [-0.05, 0) is 44.3 Å². The van der Waals surface area contributed by atoms with Gasteiger partial charge in [0.15, 0.2) is 0 Å². The fraction of sp³-hybridized carbons (Fsp3) is 1.00. The van der Waals surface area contributed by atoms with Crippen molar-refractivity contribution >= 4 is 11.8 Å². The number of hydrogen-bond donors (Lipinski definition) is 1. The quantitative estimate of drug-likeness (QED) is 0.817. The van der Waals surface area contributed by atoms with Gasteiger partial charge in [-0.25, -0.2) is 0 Å². The maximum Gasteiger partial charge on any atom is 0.0586 e. The molecule has 0 bridgehead atoms. The molecular formula is C14H27NOS. The highest BCUT2D eigenvalue weighted by Gasteiger charge is 2.30. The highest BCUT2D eigenvalue weighted by atomic mass is 32.2. The molecule has 1 N–H and O–H groups in total. The molecular weight excluding hydrogens is 230 g/mol. The van der Waals surface area contributed by atoms with E-state index in [-0.39, 0.29) is 0 Å². The van der Waals surface area contributed by atoms with Crippen LogP contribution in [0.2, 0.25) is 0 Å². The standard InChI is InChI=1S/C14H27NOS/c1-3-17-14-9-5-8-13(14)15-11-6-4-7-12(10-11)16-2/h11-15H,3-10H2,1-2H3. The third-order valence-corrected chi connectivity index (χ3v) is 5.57. The van der Waals surface area contributed by atoms with Crippen molar-refractivity contribution < 1.29 is 4.74 Å². The molecule has 0 spiro atoms. The molecule has 4 atom stereocenters. The third-order valence-electron chi connectivity index (χ3n) is 4.24. The van der Waals surface area contributed by atoms with E-state index in [1.807, 2.05) is 7.11 Å². The van der Waals surface area contributed by atoms with Crippen molar-refractivity contribution in [1.82, 2.24) is 5.32 Å². The van der Waals surface area contributed by atoms with E-state index in [0.29, 0.717) is 12.1 Å². The molecule has 0 amide bonds. The van der Waals surface area contributed by atoms with E-state index < -0.39 is 0 Å². The van der Waals surface area contributed by atoms with Gasteiger partial charge in [-0.2, -0.15) is 11.8 Å². The molecule has 2 nitrogen and oxygen atoms in total. The van der Waals surface area contributed by atoms with Gasteiger partial charge < -0.3 is 10.1 Å². The monoisotopic (exact) mass is 257 g/mol. The number of hydrogen-bond acceptors (Lipinski definition) is 3. The number of nitrogens with one attached hydrogen (secondary N) is 1. The maximum atomic E-state index is 5.51. The van der Waals surface area contributed by atoms with Crippen molar-refractivity contribution in [2.75, 3.05) is 12.9 Å². The summed E-state index contributed by atoms with van der Waals surface area (Å²) in [6, 6.07) is 1.47. The minimum absolute atomic E-state index is 0.500. The van der Waals surface area contributed by atoms with Crippen LogP contribution in [0, 0.1) is 0 Å². The fourth-order valence-corrected chi connectivity index (χ4v) is 4.55. The van der Waals surface area contributed by atoms with E-state index in [4.69, 9.17) is 4.74 Å². The molecule has 0 aliphatic heterocycles. The van der Waals surface area contributed by atoms with Crippen LogP contribution >= 0.6 is 11.8 Å². The van der Waals surface area contributed by atoms with Gasteiger partial charge in [0.05, 0.1) is 6.10 Å². The van der Waals surface area contributed by atoms with Gasteiger partial charge in [-0.3, -0.25) is 0 Å². The van der Waals surface area contributed by atoms with E-state index in [9.17, 15) is 0 Å². The number of rotatable bonds is 5. The lowest BCUT2D eigenvalue weighted by atomic mass is 9.92. The molecule has 17 heavy (non-hydrogen) atoms. The first kappa shape index (κ1) is 13.7. The number of methoxy groups -OCH3 is 1. The van der Waals surface area contributed by atoms with Gasteiger partial charge in [0.2, 0.25) is 0 Å². The van der Waals surface area contributed by atoms with Crippen molar-refractivity contribution in [3.63, 3.8) is 0 Å². The summed E-state index contributed by atoms with van der Waals surface area (Å²) in [5.74, 6) is 1.26. The Morgan fingerprint density at radius 1 is 1.18 bits per heavy atom. The Labute approximate surface area is 110 Å². The molecule has 2 aliphatic rings. The van der Waals surface area contributed by atoms with Crippen LogP contribution in [0.4, 0.5) is 0 Å². The SMILES string of the molecule is CCSC1CCCC1NC1CCCC(OC)C1. The minimum atomic E-state index is 0.500. The molecule has 3 heteroatoms. The van der Waals surface area contributed by atoms with E-state index in [0.717, 1.165) is 11.3 Å². The summed E-state index contributed by atoms with van der Waals surface area (Å²) in [6.07, 6.45) is 9.86. The normalized spacial score (nSPS) is 38.5. The largest absolute Gasteiger partial charge is 0.381 e. The van der Waals surface area contributed by atoms with Gasteiger partial charge >= 0.3 is 0 Å². The molecule has 2 saturated carbocycles. The zero-order chi connectivity index (χ0) is 12.1. The van der Waals surface area contributed by atoms with E-state index >= 15 is 0 Å². The molecule has 2 rings (SSSR count). The van der Waals surface area contributed by atoms with Gasteiger partial charge in [0.1, 0.15) is 0 Å². The topological polar surface area (TPSA) is 21.3 Å². The summed E-state index contributed by atoms with van der Waals surface area (Å²) in [7, 11) is 1.86. The molecule has 2 fully saturated rings. The third kappa shape index (κ3) is 3.87. The van der Waals surface area contributed by atoms with Crippen LogP contribution in [-0.2, 0) is 4.74 Å². The summed E-state index contributed by atoms with van der Waals surface area (Å²) in [6.45, 7) is 2.28. The van der Waals surface area contributed by atoms with Crippen molar-refractivity contribution in [2.24, 2.45) is 0 Å². The van der Waals surface area contributed by atoms with E-state index in [1.54, 1.807) is 0 Å². The van der Waals surface area contributed by atoms with Gasteiger partial charge in [0, 0.05) is 24.4 Å². The van der Waals surface area contributed by atoms with Crippen molar-refractivity contribution in [3.8, 4) is 0 Å². The Balaban J connectivity index is 1.79. The summed E-state index contributed by atoms with van der Waals surface area (Å²) < 4.78 is 5.51. The lowest BCUT2D eigenvalue weighted by molar-refractivity contribution is 0.0571. The smallest absolute Gasteiger partial charge is 0.0586 e. The van der Waals surface area contributed by atoms with Crippen LogP contribution in [-0.4, -0.2) is 36.3 Å². The molecule has 100 valence electrons. The Kier molecular flexibility index (Phi) is 5.64. The van der Waals surface area contributed by atoms with Gasteiger partial charge in [-0.15, -0.1) is 0 Å². The van der Waals surface area contributed by atoms with Crippen LogP contribution < -0.4 is 5.32 Å². The second-order valence-electron chi connectivity index (χ2n) is 5.42. The lowest BCUT2D eigenvalue weighted by Gasteiger charge is -2.32. The zero-order valence-electron chi connectivity index (χ0n) is 11.3. The Bertz CT molecular complexity index is 224. The van der Waals surface area contributed by atoms with Gasteiger partial charge in [-0.1, -0.05) is 13.3 Å². The van der Waals surface area contributed by atoms with Gasteiger partial charge in [0.25, 0.3) is 0 Å². The summed E-state index contributed by atoms with van der Waals surface area (Å²) in [5, 5.41) is 4.78. The Morgan fingerprint density at radius 2 is 2.00 bits per heavy atom. The molecule has 0 aromatic carbocycles. The van der Waals surface area contributed by atoms with Crippen molar-refractivity contribution in [3.05, 3.63) is 0 Å². The average molecular weight is 257 g/mol. The second kappa shape index (κ2) is 7.01. The fourth-order valence-electron chi connectivity index (χ4n) is 3.34.